The molecule has 0 amide bonds. The van der Waals surface area contributed by atoms with Crippen molar-refractivity contribution in [3.63, 3.8) is 0 Å². The number of carbonyl (C=O) groups is 3. The van der Waals surface area contributed by atoms with E-state index in [0.29, 0.717) is 19.3 Å². The molecule has 1 atom stereocenters. The number of rotatable bonds is 56. The van der Waals surface area contributed by atoms with Gasteiger partial charge in [0.05, 0.1) is 0 Å². The molecule has 0 saturated heterocycles. The highest BCUT2D eigenvalue weighted by atomic mass is 16.6. The second-order valence-corrected chi connectivity index (χ2v) is 20.6. The van der Waals surface area contributed by atoms with Gasteiger partial charge in [-0.05, 0) is 89.9 Å². The highest BCUT2D eigenvalue weighted by molar-refractivity contribution is 5.71. The van der Waals surface area contributed by atoms with E-state index in [4.69, 9.17) is 14.2 Å². The lowest BCUT2D eigenvalue weighted by Crippen LogP contribution is -2.30. The summed E-state index contributed by atoms with van der Waals surface area (Å²) in [6, 6.07) is 0. The van der Waals surface area contributed by atoms with Gasteiger partial charge in [0.1, 0.15) is 13.2 Å². The maximum Gasteiger partial charge on any atom is 0.306 e. The van der Waals surface area contributed by atoms with Gasteiger partial charge in [-0.25, -0.2) is 0 Å². The zero-order chi connectivity index (χ0) is 52.2. The van der Waals surface area contributed by atoms with Gasteiger partial charge in [-0.2, -0.15) is 0 Å². The van der Waals surface area contributed by atoms with Crippen LogP contribution in [0.15, 0.2) is 72.9 Å². The predicted octanol–water partition coefficient (Wildman–Crippen LogP) is 20.9. The molecule has 0 spiro atoms. The van der Waals surface area contributed by atoms with Crippen molar-refractivity contribution in [2.75, 3.05) is 13.2 Å². The predicted molar refractivity (Wildman–Crippen MR) is 311 cm³/mol. The minimum absolute atomic E-state index is 0.0747. The van der Waals surface area contributed by atoms with E-state index < -0.39 is 6.10 Å². The maximum atomic E-state index is 12.8. The van der Waals surface area contributed by atoms with E-state index in [2.05, 4.69) is 93.7 Å². The Labute approximate surface area is 446 Å². The van der Waals surface area contributed by atoms with Gasteiger partial charge in [0.2, 0.25) is 0 Å². The molecule has 416 valence electrons. The van der Waals surface area contributed by atoms with Crippen molar-refractivity contribution >= 4 is 17.9 Å². The number of hydrogen-bond acceptors (Lipinski definition) is 6. The summed E-state index contributed by atoms with van der Waals surface area (Å²) >= 11 is 0. The van der Waals surface area contributed by atoms with Gasteiger partial charge in [-0.15, -0.1) is 0 Å². The van der Waals surface area contributed by atoms with Crippen LogP contribution in [-0.4, -0.2) is 37.2 Å². The van der Waals surface area contributed by atoms with E-state index >= 15 is 0 Å². The molecule has 6 nitrogen and oxygen atoms in total. The highest BCUT2D eigenvalue weighted by Crippen LogP contribution is 2.16. The molecule has 0 aliphatic carbocycles. The van der Waals surface area contributed by atoms with Gasteiger partial charge >= 0.3 is 17.9 Å². The highest BCUT2D eigenvalue weighted by Gasteiger charge is 2.19. The van der Waals surface area contributed by atoms with Crippen molar-refractivity contribution in [3.8, 4) is 0 Å². The summed E-state index contributed by atoms with van der Waals surface area (Å²) in [7, 11) is 0. The number of carbonyl (C=O) groups excluding carboxylic acids is 3. The summed E-state index contributed by atoms with van der Waals surface area (Å²) in [6.07, 6.45) is 78.1. The Bertz CT molecular complexity index is 1340. The van der Waals surface area contributed by atoms with Gasteiger partial charge in [0, 0.05) is 19.3 Å². The zero-order valence-corrected chi connectivity index (χ0v) is 47.7. The maximum absolute atomic E-state index is 12.8. The molecule has 0 saturated carbocycles. The molecule has 0 aliphatic rings. The minimum Gasteiger partial charge on any atom is -0.462 e. The first-order chi connectivity index (χ1) is 35.5. The first kappa shape index (κ1) is 68.8. The van der Waals surface area contributed by atoms with E-state index in [1.54, 1.807) is 0 Å². The molecule has 0 radical (unpaired) electrons. The third kappa shape index (κ3) is 57.7. The number of esters is 3. The Morgan fingerprint density at radius 1 is 0.292 bits per heavy atom. The molecule has 0 fully saturated rings. The average molecular weight is 1010 g/mol. The number of unbranched alkanes of at least 4 members (excludes halogenated alkanes) is 33. The second-order valence-electron chi connectivity index (χ2n) is 20.6. The summed E-state index contributed by atoms with van der Waals surface area (Å²) in [5, 5.41) is 0. The van der Waals surface area contributed by atoms with Crippen LogP contribution in [0.5, 0.6) is 0 Å². The Balaban J connectivity index is 3.97. The molecule has 6 heteroatoms. The quantitative estimate of drug-likeness (QED) is 0.0261. The van der Waals surface area contributed by atoms with Crippen molar-refractivity contribution in [2.24, 2.45) is 0 Å². The van der Waals surface area contributed by atoms with Crippen LogP contribution in [-0.2, 0) is 28.6 Å². The van der Waals surface area contributed by atoms with Crippen LogP contribution in [0.2, 0.25) is 0 Å². The fraction of sp³-hybridized carbons (Fsp3) is 0.773. The molecule has 1 unspecified atom stereocenters. The van der Waals surface area contributed by atoms with Crippen molar-refractivity contribution in [1.82, 2.24) is 0 Å². The smallest absolute Gasteiger partial charge is 0.306 e. The Morgan fingerprint density at radius 2 is 0.542 bits per heavy atom. The lowest BCUT2D eigenvalue weighted by Gasteiger charge is -2.18. The number of allylic oxidation sites excluding steroid dienone is 12. The van der Waals surface area contributed by atoms with Crippen molar-refractivity contribution < 1.29 is 28.6 Å². The van der Waals surface area contributed by atoms with E-state index in [9.17, 15) is 14.4 Å². The normalized spacial score (nSPS) is 12.5. The molecule has 0 bridgehead atoms. The number of hydrogen-bond donors (Lipinski definition) is 0. The van der Waals surface area contributed by atoms with E-state index in [1.807, 2.05) is 0 Å². The molecule has 0 aromatic rings. The fourth-order valence-electron chi connectivity index (χ4n) is 8.82. The van der Waals surface area contributed by atoms with Crippen molar-refractivity contribution in [2.45, 2.75) is 316 Å². The van der Waals surface area contributed by atoms with E-state index in [0.717, 1.165) is 96.3 Å². The van der Waals surface area contributed by atoms with Crippen LogP contribution in [0.3, 0.4) is 0 Å². The van der Waals surface area contributed by atoms with Gasteiger partial charge in [0.15, 0.2) is 6.10 Å². The summed E-state index contributed by atoms with van der Waals surface area (Å²) in [5.41, 5.74) is 0. The summed E-state index contributed by atoms with van der Waals surface area (Å²) in [4.78, 5) is 37.9. The van der Waals surface area contributed by atoms with Crippen LogP contribution in [0, 0.1) is 0 Å². The SMILES string of the molecule is CC/C=C\C/C=C\C/C=C\C/C=C\C/C=C\CCCCCCCCCCCCCCCCCCCC(=O)OCC(COC(=O)CCCCCCCC)OC(=O)CCCCCCC/C=C\CCCCCCCC. The van der Waals surface area contributed by atoms with Crippen molar-refractivity contribution in [3.05, 3.63) is 72.9 Å². The van der Waals surface area contributed by atoms with Crippen LogP contribution >= 0.6 is 0 Å². The minimum atomic E-state index is -0.773. The third-order valence-corrected chi connectivity index (χ3v) is 13.4. The standard InChI is InChI=1S/C66H116O6/c1-4-7-10-13-16-18-20-22-24-25-26-27-28-29-30-31-32-33-34-35-36-37-38-39-40-41-43-44-46-48-50-53-56-59-65(68)71-62-63(61-70-64(67)58-55-52-15-12-9-6-3)72-66(69)60-57-54-51-49-47-45-42-23-21-19-17-14-11-8-5-2/h7,10,16,18,22-24,26-27,29-30,42,63H,4-6,8-9,11-15,17,19-21,25,28,31-41,43-62H2,1-3H3/b10-7-,18-16-,24-22-,27-26-,30-29-,42-23-. The molecule has 0 rings (SSSR count). The molecule has 0 heterocycles. The second kappa shape index (κ2) is 60.4. The Hall–Kier alpha value is -3.15. The molecular formula is C66H116O6. The zero-order valence-electron chi connectivity index (χ0n) is 47.7. The molecular weight excluding hydrogens is 889 g/mol. The lowest BCUT2D eigenvalue weighted by atomic mass is 10.0. The molecule has 0 aromatic carbocycles. The van der Waals surface area contributed by atoms with Crippen LogP contribution < -0.4 is 0 Å². The third-order valence-electron chi connectivity index (χ3n) is 13.4. The summed E-state index contributed by atoms with van der Waals surface area (Å²) in [5.74, 6) is -0.881. The van der Waals surface area contributed by atoms with Crippen LogP contribution in [0.4, 0.5) is 0 Å². The van der Waals surface area contributed by atoms with E-state index in [-0.39, 0.29) is 31.1 Å². The lowest BCUT2D eigenvalue weighted by molar-refractivity contribution is -0.167. The number of ether oxygens (including phenoxy) is 3. The Morgan fingerprint density at radius 3 is 0.861 bits per heavy atom. The first-order valence-corrected chi connectivity index (χ1v) is 30.9. The largest absolute Gasteiger partial charge is 0.462 e. The van der Waals surface area contributed by atoms with Gasteiger partial charge < -0.3 is 14.2 Å². The topological polar surface area (TPSA) is 78.9 Å². The first-order valence-electron chi connectivity index (χ1n) is 30.9. The monoisotopic (exact) mass is 1000 g/mol. The van der Waals surface area contributed by atoms with Gasteiger partial charge in [-0.3, -0.25) is 14.4 Å². The average Bonchev–Trinajstić information content (AvgIpc) is 3.38. The molecule has 72 heavy (non-hydrogen) atoms. The molecule has 0 aliphatic heterocycles. The fourth-order valence-corrected chi connectivity index (χ4v) is 8.82. The van der Waals surface area contributed by atoms with Crippen molar-refractivity contribution in [1.29, 1.82) is 0 Å². The molecule has 0 N–H and O–H groups in total. The van der Waals surface area contributed by atoms with Gasteiger partial charge in [-0.1, -0.05) is 273 Å². The van der Waals surface area contributed by atoms with Crippen LogP contribution in [0.25, 0.3) is 0 Å². The summed E-state index contributed by atoms with van der Waals surface area (Å²) in [6.45, 7) is 6.48. The molecule has 0 aromatic heterocycles. The van der Waals surface area contributed by atoms with E-state index in [1.165, 1.54) is 173 Å². The van der Waals surface area contributed by atoms with Gasteiger partial charge in [0.25, 0.3) is 0 Å². The van der Waals surface area contributed by atoms with Crippen LogP contribution in [0.1, 0.15) is 310 Å². The summed E-state index contributed by atoms with van der Waals surface area (Å²) < 4.78 is 16.8. The Kier molecular flexibility index (Phi) is 57.8.